The normalized spacial score (nSPS) is 23.2. The summed E-state index contributed by atoms with van der Waals surface area (Å²) >= 11 is 0. The van der Waals surface area contributed by atoms with Gasteiger partial charge < -0.3 is 40.4 Å². The van der Waals surface area contributed by atoms with E-state index < -0.39 is 54.2 Å². The summed E-state index contributed by atoms with van der Waals surface area (Å²) in [5.74, 6) is -2.07. The van der Waals surface area contributed by atoms with Crippen LogP contribution in [0.1, 0.15) is 39.5 Å². The number of nitrogens with one attached hydrogen (secondary N) is 3. The summed E-state index contributed by atoms with van der Waals surface area (Å²) in [4.78, 5) is 54.8. The van der Waals surface area contributed by atoms with Gasteiger partial charge in [-0.25, -0.2) is 0 Å². The lowest BCUT2D eigenvalue weighted by molar-refractivity contribution is -0.136. The molecule has 5 atom stereocenters. The fourth-order valence-corrected chi connectivity index (χ4v) is 5.00. The number of hydrogen-bond acceptors (Lipinski definition) is 10. The Morgan fingerprint density at radius 1 is 1.14 bits per heavy atom. The van der Waals surface area contributed by atoms with Crippen LogP contribution in [0.25, 0.3) is 0 Å². The van der Waals surface area contributed by atoms with Crippen molar-refractivity contribution in [2.45, 2.75) is 69.4 Å². The second-order valence-electron chi connectivity index (χ2n) is 11.3. The standard InChI is InChI=1S/C31H46N4O9/c1-5-22(42-4)11-10-20(2)27(38)26(34-29(40)24(18-36)32-25(37)17-35-12-14-43-15-13-35)30(41)33-23(16-21-8-6-7-9-21)28(39)31(3)19-44-31/h5,8,10-11,23-24,26-27,36,38H,2,6-7,9,12-19H2,1,3-4H3,(H,32,37)(H,33,41)(H,34,40)/b11-10-,22-5+. The molecule has 3 amide bonds. The third kappa shape index (κ3) is 10.1. The molecule has 0 aromatic rings. The number of ketones is 1. The van der Waals surface area contributed by atoms with Gasteiger partial charge in [-0.15, -0.1) is 0 Å². The van der Waals surface area contributed by atoms with Gasteiger partial charge in [0.1, 0.15) is 29.5 Å². The fourth-order valence-electron chi connectivity index (χ4n) is 5.00. The Morgan fingerprint density at radius 3 is 2.41 bits per heavy atom. The van der Waals surface area contributed by atoms with Crippen LogP contribution in [0, 0.1) is 0 Å². The number of nitrogens with zero attached hydrogens (tertiary/aromatic N) is 1. The quantitative estimate of drug-likeness (QED) is 0.0626. The Hall–Kier alpha value is -3.36. The van der Waals surface area contributed by atoms with E-state index in [1.165, 1.54) is 19.3 Å². The number of aliphatic hydroxyl groups is 2. The van der Waals surface area contributed by atoms with Gasteiger partial charge in [0.05, 0.1) is 46.1 Å². The van der Waals surface area contributed by atoms with E-state index in [0.29, 0.717) is 32.1 Å². The zero-order valence-corrected chi connectivity index (χ0v) is 25.8. The molecule has 1 aliphatic carbocycles. The molecule has 0 aromatic carbocycles. The van der Waals surface area contributed by atoms with Crippen molar-refractivity contribution in [3.05, 3.63) is 47.8 Å². The number of carbonyl (C=O) groups is 4. The Bertz CT molecular complexity index is 1150. The van der Waals surface area contributed by atoms with E-state index >= 15 is 0 Å². The molecule has 2 aliphatic heterocycles. The molecule has 0 saturated carbocycles. The van der Waals surface area contributed by atoms with E-state index in [4.69, 9.17) is 14.2 Å². The van der Waals surface area contributed by atoms with Gasteiger partial charge in [-0.2, -0.15) is 0 Å². The Balaban J connectivity index is 1.79. The molecule has 44 heavy (non-hydrogen) atoms. The van der Waals surface area contributed by atoms with Crippen LogP contribution >= 0.6 is 0 Å². The van der Waals surface area contributed by atoms with E-state index in [1.54, 1.807) is 19.9 Å². The first-order chi connectivity index (χ1) is 21.0. The van der Waals surface area contributed by atoms with Gasteiger partial charge >= 0.3 is 0 Å². The van der Waals surface area contributed by atoms with Crippen molar-refractivity contribution < 1.29 is 43.6 Å². The summed E-state index contributed by atoms with van der Waals surface area (Å²) < 4.78 is 15.8. The average Bonchev–Trinajstić information content (AvgIpc) is 3.56. The number of morpholine rings is 1. The molecule has 0 spiro atoms. The van der Waals surface area contributed by atoms with Gasteiger partial charge in [-0.1, -0.05) is 24.3 Å². The lowest BCUT2D eigenvalue weighted by Crippen LogP contribution is -2.61. The lowest BCUT2D eigenvalue weighted by Gasteiger charge is -2.29. The van der Waals surface area contributed by atoms with E-state index in [9.17, 15) is 29.4 Å². The number of amides is 3. The number of methoxy groups -OCH3 is 1. The highest BCUT2D eigenvalue weighted by Crippen LogP contribution is 2.31. The molecule has 0 bridgehead atoms. The van der Waals surface area contributed by atoms with Gasteiger partial charge in [0, 0.05) is 13.1 Å². The highest BCUT2D eigenvalue weighted by atomic mass is 16.6. The van der Waals surface area contributed by atoms with Crippen molar-refractivity contribution in [1.82, 2.24) is 20.9 Å². The minimum absolute atomic E-state index is 0.00542. The van der Waals surface area contributed by atoms with Crippen molar-refractivity contribution in [3.8, 4) is 0 Å². The first-order valence-corrected chi connectivity index (χ1v) is 14.9. The van der Waals surface area contributed by atoms with Crippen molar-refractivity contribution >= 4 is 23.5 Å². The van der Waals surface area contributed by atoms with E-state index in [0.717, 1.165) is 24.8 Å². The van der Waals surface area contributed by atoms with Crippen LogP contribution in [0.5, 0.6) is 0 Å². The Morgan fingerprint density at radius 2 is 1.84 bits per heavy atom. The van der Waals surface area contributed by atoms with Crippen molar-refractivity contribution in [3.63, 3.8) is 0 Å². The summed E-state index contributed by atoms with van der Waals surface area (Å²) in [5, 5.41) is 28.8. The molecule has 2 saturated heterocycles. The first kappa shape index (κ1) is 35.1. The maximum atomic E-state index is 13.7. The number of allylic oxidation sites excluding steroid dienone is 3. The van der Waals surface area contributed by atoms with Crippen LogP contribution in [-0.4, -0.2) is 122 Å². The average molecular weight is 619 g/mol. The SMILES string of the molecule is C=C(/C=C\C(=C/C)OC)C(O)C(NC(=O)C(CO)NC(=O)CN1CCOCC1)C(=O)NC(CC1=CCCC1)C(=O)C1(C)CO1. The zero-order valence-electron chi connectivity index (χ0n) is 25.8. The Kier molecular flexibility index (Phi) is 13.3. The van der Waals surface area contributed by atoms with Crippen LogP contribution in [0.3, 0.4) is 0 Å². The van der Waals surface area contributed by atoms with E-state index in [1.807, 2.05) is 11.0 Å². The van der Waals surface area contributed by atoms with Gasteiger partial charge in [-0.3, -0.25) is 24.1 Å². The maximum absolute atomic E-state index is 13.7. The van der Waals surface area contributed by atoms with Crippen LogP contribution in [0.4, 0.5) is 0 Å². The number of ether oxygens (including phenoxy) is 3. The smallest absolute Gasteiger partial charge is 0.246 e. The van der Waals surface area contributed by atoms with Gasteiger partial charge in [-0.05, 0) is 57.3 Å². The molecule has 13 nitrogen and oxygen atoms in total. The van der Waals surface area contributed by atoms with Crippen LogP contribution in [0.15, 0.2) is 47.8 Å². The molecular formula is C31H46N4O9. The van der Waals surface area contributed by atoms with Gasteiger partial charge in [0.25, 0.3) is 0 Å². The predicted molar refractivity (Wildman–Crippen MR) is 161 cm³/mol. The minimum atomic E-state index is -1.64. The summed E-state index contributed by atoms with van der Waals surface area (Å²) in [7, 11) is 1.47. The third-order valence-electron chi connectivity index (χ3n) is 7.90. The monoisotopic (exact) mass is 618 g/mol. The fraction of sp³-hybridized carbons (Fsp3) is 0.613. The zero-order chi connectivity index (χ0) is 32.3. The molecule has 13 heteroatoms. The molecule has 2 fully saturated rings. The molecule has 5 N–H and O–H groups in total. The predicted octanol–water partition coefficient (Wildman–Crippen LogP) is -0.353. The number of carbonyl (C=O) groups excluding carboxylic acids is 4. The summed E-state index contributed by atoms with van der Waals surface area (Å²) in [6, 6.07) is -3.99. The largest absolute Gasteiger partial charge is 0.497 e. The topological polar surface area (TPSA) is 179 Å². The van der Waals surface area contributed by atoms with E-state index in [2.05, 4.69) is 22.5 Å². The summed E-state index contributed by atoms with van der Waals surface area (Å²) in [6.07, 6.45) is 7.98. The second-order valence-corrected chi connectivity index (χ2v) is 11.3. The molecular weight excluding hydrogens is 572 g/mol. The van der Waals surface area contributed by atoms with Crippen LogP contribution in [0.2, 0.25) is 0 Å². The number of rotatable bonds is 17. The first-order valence-electron chi connectivity index (χ1n) is 14.9. The summed E-state index contributed by atoms with van der Waals surface area (Å²) in [6.45, 7) is 8.79. The number of Topliss-reactive ketones (excluding diaryl/α,β-unsaturated/α-hetero) is 1. The highest BCUT2D eigenvalue weighted by molar-refractivity contribution is 5.99. The van der Waals surface area contributed by atoms with Crippen LogP contribution < -0.4 is 16.0 Å². The molecule has 244 valence electrons. The minimum Gasteiger partial charge on any atom is -0.497 e. The second kappa shape index (κ2) is 16.6. The molecule has 5 unspecified atom stereocenters. The highest BCUT2D eigenvalue weighted by Gasteiger charge is 2.50. The third-order valence-corrected chi connectivity index (χ3v) is 7.90. The van der Waals surface area contributed by atoms with Crippen molar-refractivity contribution in [2.75, 3.05) is 53.2 Å². The van der Waals surface area contributed by atoms with E-state index in [-0.39, 0.29) is 30.9 Å². The lowest BCUT2D eigenvalue weighted by atomic mass is 9.93. The summed E-state index contributed by atoms with van der Waals surface area (Å²) in [5.41, 5.74) is 0.0807. The van der Waals surface area contributed by atoms with Crippen molar-refractivity contribution in [1.29, 1.82) is 0 Å². The molecule has 0 radical (unpaired) electrons. The van der Waals surface area contributed by atoms with Crippen molar-refractivity contribution in [2.24, 2.45) is 0 Å². The van der Waals surface area contributed by atoms with Gasteiger partial charge in [0.2, 0.25) is 17.7 Å². The molecule has 3 rings (SSSR count). The Labute approximate surface area is 258 Å². The molecule has 0 aromatic heterocycles. The number of hydrogen-bond donors (Lipinski definition) is 5. The number of epoxide rings is 1. The van der Waals surface area contributed by atoms with Crippen LogP contribution in [-0.2, 0) is 33.4 Å². The molecule has 2 heterocycles. The maximum Gasteiger partial charge on any atom is 0.246 e. The van der Waals surface area contributed by atoms with Gasteiger partial charge in [0.15, 0.2) is 5.78 Å². The number of aliphatic hydroxyl groups excluding tert-OH is 2. The molecule has 3 aliphatic rings.